The molecule has 0 aromatic heterocycles. The Bertz CT molecular complexity index is 578. The molecule has 0 bridgehead atoms. The zero-order valence-corrected chi connectivity index (χ0v) is 10.3. The van der Waals surface area contributed by atoms with Gasteiger partial charge in [0.1, 0.15) is 10.7 Å². The van der Waals surface area contributed by atoms with Gasteiger partial charge in [0.05, 0.1) is 0 Å². The molecule has 2 rings (SSSR count). The standard InChI is InChI=1S/C14H13NOS/c1-9-6-7-13(16)12(8-9)10-4-2-3-5-11(10)14(15)17/h2-8,16H,1H3,(H2,15,17). The minimum absolute atomic E-state index is 0.235. The fraction of sp³-hybridized carbons (Fsp3) is 0.0714. The average Bonchev–Trinajstić information content (AvgIpc) is 2.32. The Morgan fingerprint density at radius 2 is 1.82 bits per heavy atom. The first-order valence-electron chi connectivity index (χ1n) is 5.28. The van der Waals surface area contributed by atoms with Gasteiger partial charge >= 0.3 is 0 Å². The van der Waals surface area contributed by atoms with Gasteiger partial charge in [-0.05, 0) is 24.6 Å². The van der Waals surface area contributed by atoms with Crippen LogP contribution in [0.3, 0.4) is 0 Å². The van der Waals surface area contributed by atoms with Crippen molar-refractivity contribution in [2.75, 3.05) is 0 Å². The zero-order valence-electron chi connectivity index (χ0n) is 9.47. The smallest absolute Gasteiger partial charge is 0.123 e. The van der Waals surface area contributed by atoms with E-state index in [1.165, 1.54) is 0 Å². The molecule has 0 atom stereocenters. The second-order valence-electron chi connectivity index (χ2n) is 3.93. The molecule has 0 unspecified atom stereocenters. The molecule has 0 aliphatic carbocycles. The third kappa shape index (κ3) is 2.29. The first-order chi connectivity index (χ1) is 8.09. The molecule has 0 radical (unpaired) electrons. The van der Waals surface area contributed by atoms with E-state index in [0.717, 1.165) is 22.3 Å². The van der Waals surface area contributed by atoms with E-state index in [-0.39, 0.29) is 5.75 Å². The van der Waals surface area contributed by atoms with Crippen molar-refractivity contribution >= 4 is 17.2 Å². The van der Waals surface area contributed by atoms with Crippen molar-refractivity contribution in [3.8, 4) is 16.9 Å². The van der Waals surface area contributed by atoms with Gasteiger partial charge in [0, 0.05) is 11.1 Å². The Hall–Kier alpha value is -1.87. The molecule has 3 heteroatoms. The second-order valence-corrected chi connectivity index (χ2v) is 4.37. The van der Waals surface area contributed by atoms with Crippen molar-refractivity contribution in [3.63, 3.8) is 0 Å². The molecule has 0 saturated carbocycles. The van der Waals surface area contributed by atoms with Gasteiger partial charge in [-0.25, -0.2) is 0 Å². The summed E-state index contributed by atoms with van der Waals surface area (Å²) in [5, 5.41) is 9.91. The van der Waals surface area contributed by atoms with Crippen molar-refractivity contribution in [1.82, 2.24) is 0 Å². The summed E-state index contributed by atoms with van der Waals surface area (Å²) >= 11 is 5.02. The molecular weight excluding hydrogens is 230 g/mol. The lowest BCUT2D eigenvalue weighted by molar-refractivity contribution is 0.477. The predicted molar refractivity (Wildman–Crippen MR) is 74.2 cm³/mol. The largest absolute Gasteiger partial charge is 0.507 e. The van der Waals surface area contributed by atoms with Crippen molar-refractivity contribution in [2.24, 2.45) is 5.73 Å². The Kier molecular flexibility index (Phi) is 3.11. The topological polar surface area (TPSA) is 46.2 Å². The Morgan fingerprint density at radius 1 is 1.12 bits per heavy atom. The molecule has 86 valence electrons. The predicted octanol–water partition coefficient (Wildman–Crippen LogP) is 3.00. The van der Waals surface area contributed by atoms with Crippen LogP contribution < -0.4 is 5.73 Å². The summed E-state index contributed by atoms with van der Waals surface area (Å²) in [6, 6.07) is 13.0. The van der Waals surface area contributed by atoms with Crippen molar-refractivity contribution < 1.29 is 5.11 Å². The number of hydrogen-bond donors (Lipinski definition) is 2. The number of phenolic OH excluding ortho intramolecular Hbond substituents is 1. The third-order valence-electron chi connectivity index (χ3n) is 2.63. The van der Waals surface area contributed by atoms with Crippen LogP contribution in [0.25, 0.3) is 11.1 Å². The van der Waals surface area contributed by atoms with Crippen LogP contribution in [0.5, 0.6) is 5.75 Å². The molecule has 17 heavy (non-hydrogen) atoms. The lowest BCUT2D eigenvalue weighted by Crippen LogP contribution is -2.10. The Morgan fingerprint density at radius 3 is 2.53 bits per heavy atom. The van der Waals surface area contributed by atoms with Gasteiger partial charge in [-0.1, -0.05) is 48.1 Å². The monoisotopic (exact) mass is 243 g/mol. The van der Waals surface area contributed by atoms with E-state index in [0.29, 0.717) is 4.99 Å². The molecule has 3 N–H and O–H groups in total. The van der Waals surface area contributed by atoms with Crippen molar-refractivity contribution in [3.05, 3.63) is 53.6 Å². The van der Waals surface area contributed by atoms with Gasteiger partial charge in [-0.2, -0.15) is 0 Å². The molecule has 0 saturated heterocycles. The molecule has 2 nitrogen and oxygen atoms in total. The van der Waals surface area contributed by atoms with Gasteiger partial charge in [0.2, 0.25) is 0 Å². The quantitative estimate of drug-likeness (QED) is 0.797. The van der Waals surface area contributed by atoms with Crippen LogP contribution in [0.2, 0.25) is 0 Å². The number of nitrogens with two attached hydrogens (primary N) is 1. The highest BCUT2D eigenvalue weighted by Gasteiger charge is 2.10. The lowest BCUT2D eigenvalue weighted by atomic mass is 9.97. The average molecular weight is 243 g/mol. The van der Waals surface area contributed by atoms with Gasteiger partial charge < -0.3 is 10.8 Å². The second kappa shape index (κ2) is 4.55. The van der Waals surface area contributed by atoms with E-state index in [1.807, 2.05) is 43.3 Å². The maximum atomic E-state index is 9.91. The molecule has 0 aliphatic heterocycles. The minimum atomic E-state index is 0.235. The molecule has 0 spiro atoms. The Labute approximate surface area is 106 Å². The number of benzene rings is 2. The van der Waals surface area contributed by atoms with Crippen LogP contribution >= 0.6 is 12.2 Å². The summed E-state index contributed by atoms with van der Waals surface area (Å²) in [5.41, 5.74) is 9.17. The molecule has 2 aromatic carbocycles. The normalized spacial score (nSPS) is 10.2. The number of thiocarbonyl (C=S) groups is 1. The van der Waals surface area contributed by atoms with E-state index in [9.17, 15) is 5.11 Å². The van der Waals surface area contributed by atoms with Gasteiger partial charge in [-0.3, -0.25) is 0 Å². The van der Waals surface area contributed by atoms with Crippen molar-refractivity contribution in [2.45, 2.75) is 6.92 Å². The first kappa shape index (κ1) is 11.6. The highest BCUT2D eigenvalue weighted by molar-refractivity contribution is 7.80. The number of hydrogen-bond acceptors (Lipinski definition) is 2. The molecule has 0 amide bonds. The van der Waals surface area contributed by atoms with Crippen LogP contribution in [0.15, 0.2) is 42.5 Å². The number of rotatable bonds is 2. The fourth-order valence-electron chi connectivity index (χ4n) is 1.80. The highest BCUT2D eigenvalue weighted by atomic mass is 32.1. The van der Waals surface area contributed by atoms with Gasteiger partial charge in [0.15, 0.2) is 0 Å². The summed E-state index contributed by atoms with van der Waals surface area (Å²) < 4.78 is 0. The van der Waals surface area contributed by atoms with Gasteiger partial charge in [0.25, 0.3) is 0 Å². The van der Waals surface area contributed by atoms with E-state index >= 15 is 0 Å². The number of aromatic hydroxyl groups is 1. The number of aryl methyl sites for hydroxylation is 1. The summed E-state index contributed by atoms with van der Waals surface area (Å²) in [6.07, 6.45) is 0. The molecule has 0 fully saturated rings. The maximum Gasteiger partial charge on any atom is 0.123 e. The molecule has 2 aromatic rings. The summed E-state index contributed by atoms with van der Waals surface area (Å²) in [4.78, 5) is 0.335. The summed E-state index contributed by atoms with van der Waals surface area (Å²) in [5.74, 6) is 0.235. The zero-order chi connectivity index (χ0) is 12.4. The number of phenols is 1. The van der Waals surface area contributed by atoms with Crippen LogP contribution in [0.4, 0.5) is 0 Å². The lowest BCUT2D eigenvalue weighted by Gasteiger charge is -2.10. The third-order valence-corrected chi connectivity index (χ3v) is 2.85. The van der Waals surface area contributed by atoms with Gasteiger partial charge in [-0.15, -0.1) is 0 Å². The minimum Gasteiger partial charge on any atom is -0.507 e. The van der Waals surface area contributed by atoms with Crippen molar-refractivity contribution in [1.29, 1.82) is 0 Å². The molecule has 0 heterocycles. The Balaban J connectivity index is 2.68. The van der Waals surface area contributed by atoms with E-state index in [4.69, 9.17) is 18.0 Å². The van der Waals surface area contributed by atoms with E-state index in [2.05, 4.69) is 0 Å². The molecule has 0 aliphatic rings. The van der Waals surface area contributed by atoms with Crippen LogP contribution in [-0.4, -0.2) is 10.1 Å². The molecular formula is C14H13NOS. The van der Waals surface area contributed by atoms with Crippen LogP contribution in [0.1, 0.15) is 11.1 Å². The van der Waals surface area contributed by atoms with Crippen LogP contribution in [0, 0.1) is 6.92 Å². The highest BCUT2D eigenvalue weighted by Crippen LogP contribution is 2.32. The van der Waals surface area contributed by atoms with Crippen LogP contribution in [-0.2, 0) is 0 Å². The first-order valence-corrected chi connectivity index (χ1v) is 5.69. The fourth-order valence-corrected chi connectivity index (χ4v) is 1.98. The summed E-state index contributed by atoms with van der Waals surface area (Å²) in [6.45, 7) is 1.98. The van der Waals surface area contributed by atoms with E-state index < -0.39 is 0 Å². The maximum absolute atomic E-state index is 9.91. The summed E-state index contributed by atoms with van der Waals surface area (Å²) in [7, 11) is 0. The van der Waals surface area contributed by atoms with E-state index in [1.54, 1.807) is 6.07 Å². The SMILES string of the molecule is Cc1ccc(O)c(-c2ccccc2C(N)=S)c1.